The Morgan fingerprint density at radius 1 is 1.42 bits per heavy atom. The number of unbranched alkanes of at least 4 members (excludes halogenated alkanes) is 1. The zero-order chi connectivity index (χ0) is 9.40. The van der Waals surface area contributed by atoms with E-state index in [0.717, 1.165) is 0 Å². The Hall–Kier alpha value is -1.03. The molecule has 0 bridgehead atoms. The van der Waals surface area contributed by atoms with Gasteiger partial charge in [0.1, 0.15) is 0 Å². The number of ether oxygens (including phenoxy) is 2. The molecule has 4 heteroatoms. The van der Waals surface area contributed by atoms with E-state index in [1.807, 2.05) is 0 Å². The first-order chi connectivity index (χ1) is 5.76. The van der Waals surface area contributed by atoms with E-state index in [1.54, 1.807) is 6.08 Å². The number of aliphatic hydroxyl groups is 1. The molecule has 0 radical (unpaired) electrons. The molecular weight excluding hydrogens is 160 g/mol. The molecule has 0 aliphatic heterocycles. The summed E-state index contributed by atoms with van der Waals surface area (Å²) in [5, 5.41) is 8.46. The maximum Gasteiger partial charge on any atom is 0.372 e. The topological polar surface area (TPSA) is 55.8 Å². The van der Waals surface area contributed by atoms with Gasteiger partial charge in [0.25, 0.3) is 0 Å². The SMILES string of the molecule is COC(=O)/C(=C/CCCO)OC. The quantitative estimate of drug-likeness (QED) is 0.285. The monoisotopic (exact) mass is 174 g/mol. The van der Waals surface area contributed by atoms with Crippen molar-refractivity contribution in [2.75, 3.05) is 20.8 Å². The zero-order valence-electron chi connectivity index (χ0n) is 7.37. The van der Waals surface area contributed by atoms with Crippen molar-refractivity contribution >= 4 is 5.97 Å². The molecule has 0 rings (SSSR count). The van der Waals surface area contributed by atoms with Gasteiger partial charge in [0.2, 0.25) is 0 Å². The van der Waals surface area contributed by atoms with Crippen LogP contribution in [0.3, 0.4) is 0 Å². The predicted octanol–water partition coefficient (Wildman–Crippen LogP) is 0.462. The maximum absolute atomic E-state index is 10.9. The second kappa shape index (κ2) is 6.67. The van der Waals surface area contributed by atoms with Crippen LogP contribution in [-0.2, 0) is 14.3 Å². The Morgan fingerprint density at radius 3 is 2.50 bits per heavy atom. The summed E-state index contributed by atoms with van der Waals surface area (Å²) in [4.78, 5) is 10.9. The van der Waals surface area contributed by atoms with E-state index in [4.69, 9.17) is 9.84 Å². The van der Waals surface area contributed by atoms with E-state index in [0.29, 0.717) is 12.8 Å². The fraction of sp³-hybridized carbons (Fsp3) is 0.625. The molecule has 0 amide bonds. The lowest BCUT2D eigenvalue weighted by molar-refractivity contribution is -0.139. The van der Waals surface area contributed by atoms with Crippen LogP contribution in [0, 0.1) is 0 Å². The molecule has 0 aromatic rings. The summed E-state index contributed by atoms with van der Waals surface area (Å²) in [5.74, 6) is -0.304. The van der Waals surface area contributed by atoms with Crippen LogP contribution in [-0.4, -0.2) is 31.9 Å². The highest BCUT2D eigenvalue weighted by Gasteiger charge is 2.07. The molecule has 12 heavy (non-hydrogen) atoms. The lowest BCUT2D eigenvalue weighted by Crippen LogP contribution is -2.06. The molecule has 0 aromatic carbocycles. The molecule has 0 aliphatic rings. The second-order valence-electron chi connectivity index (χ2n) is 2.13. The molecule has 0 unspecified atom stereocenters. The van der Waals surface area contributed by atoms with Gasteiger partial charge < -0.3 is 14.6 Å². The minimum atomic E-state index is -0.490. The molecule has 0 saturated carbocycles. The Kier molecular flexibility index (Phi) is 6.09. The van der Waals surface area contributed by atoms with E-state index >= 15 is 0 Å². The normalized spacial score (nSPS) is 11.1. The lowest BCUT2D eigenvalue weighted by atomic mass is 10.3. The van der Waals surface area contributed by atoms with Crippen molar-refractivity contribution in [2.45, 2.75) is 12.8 Å². The van der Waals surface area contributed by atoms with Crippen molar-refractivity contribution in [2.24, 2.45) is 0 Å². The van der Waals surface area contributed by atoms with Crippen LogP contribution in [0.4, 0.5) is 0 Å². The summed E-state index contributed by atoms with van der Waals surface area (Å²) < 4.78 is 9.19. The van der Waals surface area contributed by atoms with Crippen molar-refractivity contribution in [1.29, 1.82) is 0 Å². The molecule has 0 spiro atoms. The number of carbonyl (C=O) groups excluding carboxylic acids is 1. The maximum atomic E-state index is 10.9. The second-order valence-corrected chi connectivity index (χ2v) is 2.13. The van der Waals surface area contributed by atoms with Crippen LogP contribution in [0.1, 0.15) is 12.8 Å². The molecular formula is C8H14O4. The van der Waals surface area contributed by atoms with E-state index in [1.165, 1.54) is 14.2 Å². The van der Waals surface area contributed by atoms with Gasteiger partial charge in [-0.05, 0) is 18.9 Å². The van der Waals surface area contributed by atoms with Gasteiger partial charge in [-0.25, -0.2) is 4.79 Å². The average molecular weight is 174 g/mol. The zero-order valence-corrected chi connectivity index (χ0v) is 7.37. The Labute approximate surface area is 71.8 Å². The summed E-state index contributed by atoms with van der Waals surface area (Å²) in [6, 6.07) is 0. The van der Waals surface area contributed by atoms with Gasteiger partial charge in [-0.3, -0.25) is 0 Å². The third-order valence-electron chi connectivity index (χ3n) is 1.30. The first-order valence-corrected chi connectivity index (χ1v) is 3.69. The van der Waals surface area contributed by atoms with Crippen LogP contribution in [0.2, 0.25) is 0 Å². The first kappa shape index (κ1) is 11.0. The molecule has 70 valence electrons. The summed E-state index contributed by atoms with van der Waals surface area (Å²) in [6.07, 6.45) is 2.82. The summed E-state index contributed by atoms with van der Waals surface area (Å²) in [7, 11) is 2.70. The minimum Gasteiger partial charge on any atom is -0.490 e. The molecule has 0 aliphatic carbocycles. The standard InChI is InChI=1S/C8H14O4/c1-11-7(8(10)12-2)5-3-4-6-9/h5,9H,3-4,6H2,1-2H3/b7-5-. The smallest absolute Gasteiger partial charge is 0.372 e. The van der Waals surface area contributed by atoms with Gasteiger partial charge in [0.05, 0.1) is 14.2 Å². The minimum absolute atomic E-state index is 0.106. The van der Waals surface area contributed by atoms with E-state index in [-0.39, 0.29) is 12.4 Å². The van der Waals surface area contributed by atoms with Crippen LogP contribution < -0.4 is 0 Å². The van der Waals surface area contributed by atoms with Gasteiger partial charge in [-0.2, -0.15) is 0 Å². The highest BCUT2D eigenvalue weighted by molar-refractivity contribution is 5.85. The molecule has 0 saturated heterocycles. The van der Waals surface area contributed by atoms with Gasteiger partial charge >= 0.3 is 5.97 Å². The van der Waals surface area contributed by atoms with Gasteiger partial charge in [0, 0.05) is 6.61 Å². The van der Waals surface area contributed by atoms with Crippen LogP contribution in [0.15, 0.2) is 11.8 Å². The van der Waals surface area contributed by atoms with Crippen LogP contribution >= 0.6 is 0 Å². The van der Waals surface area contributed by atoms with Gasteiger partial charge in [-0.15, -0.1) is 0 Å². The molecule has 0 heterocycles. The number of rotatable bonds is 5. The number of hydrogen-bond acceptors (Lipinski definition) is 4. The van der Waals surface area contributed by atoms with Crippen molar-refractivity contribution < 1.29 is 19.4 Å². The summed E-state index contributed by atoms with van der Waals surface area (Å²) >= 11 is 0. The van der Waals surface area contributed by atoms with Crippen molar-refractivity contribution in [3.05, 3.63) is 11.8 Å². The number of aliphatic hydroxyl groups excluding tert-OH is 1. The third-order valence-corrected chi connectivity index (χ3v) is 1.30. The predicted molar refractivity (Wildman–Crippen MR) is 43.4 cm³/mol. The van der Waals surface area contributed by atoms with E-state index in [2.05, 4.69) is 4.74 Å². The number of allylic oxidation sites excluding steroid dienone is 1. The summed E-state index contributed by atoms with van der Waals surface area (Å²) in [5.41, 5.74) is 0. The van der Waals surface area contributed by atoms with Crippen LogP contribution in [0.25, 0.3) is 0 Å². The Balaban J connectivity index is 3.95. The number of hydrogen-bond donors (Lipinski definition) is 1. The largest absolute Gasteiger partial charge is 0.490 e. The van der Waals surface area contributed by atoms with Crippen molar-refractivity contribution in [1.82, 2.24) is 0 Å². The van der Waals surface area contributed by atoms with Crippen molar-refractivity contribution in [3.8, 4) is 0 Å². The Bertz CT molecular complexity index is 162. The van der Waals surface area contributed by atoms with Gasteiger partial charge in [0.15, 0.2) is 5.76 Å². The summed E-state index contributed by atoms with van der Waals surface area (Å²) in [6.45, 7) is 0.106. The molecule has 4 nitrogen and oxygen atoms in total. The fourth-order valence-corrected chi connectivity index (χ4v) is 0.675. The molecule has 1 N–H and O–H groups in total. The first-order valence-electron chi connectivity index (χ1n) is 3.69. The number of esters is 1. The molecule has 0 fully saturated rings. The average Bonchev–Trinajstić information content (AvgIpc) is 2.11. The van der Waals surface area contributed by atoms with Crippen LogP contribution in [0.5, 0.6) is 0 Å². The molecule has 0 atom stereocenters. The number of carbonyl (C=O) groups is 1. The van der Waals surface area contributed by atoms with Gasteiger partial charge in [-0.1, -0.05) is 0 Å². The third kappa shape index (κ3) is 3.98. The molecule has 0 aromatic heterocycles. The fourth-order valence-electron chi connectivity index (χ4n) is 0.675. The lowest BCUT2D eigenvalue weighted by Gasteiger charge is -2.02. The highest BCUT2D eigenvalue weighted by Crippen LogP contribution is 2.01. The van der Waals surface area contributed by atoms with Crippen molar-refractivity contribution in [3.63, 3.8) is 0 Å². The Morgan fingerprint density at radius 2 is 2.08 bits per heavy atom. The van der Waals surface area contributed by atoms with E-state index < -0.39 is 5.97 Å². The highest BCUT2D eigenvalue weighted by atomic mass is 16.6. The number of methoxy groups -OCH3 is 2. The van der Waals surface area contributed by atoms with E-state index in [9.17, 15) is 4.79 Å².